The highest BCUT2D eigenvalue weighted by Gasteiger charge is 2.08. The van der Waals surface area contributed by atoms with Crippen LogP contribution in [0.5, 0.6) is 0 Å². The van der Waals surface area contributed by atoms with Gasteiger partial charge in [0.15, 0.2) is 5.01 Å². The number of nitrogens with one attached hydrogen (secondary N) is 1. The topological polar surface area (TPSA) is 93.8 Å². The summed E-state index contributed by atoms with van der Waals surface area (Å²) in [6, 6.07) is 12.0. The minimum absolute atomic E-state index is 0.0807. The first kappa shape index (κ1) is 14.1. The highest BCUT2D eigenvalue weighted by molar-refractivity contribution is 7.18. The fourth-order valence-electron chi connectivity index (χ4n) is 1.80. The lowest BCUT2D eigenvalue weighted by Crippen LogP contribution is -1.99. The molecule has 3 rings (SSSR count). The molecule has 7 nitrogen and oxygen atoms in total. The molecule has 2 heterocycles. The summed E-state index contributed by atoms with van der Waals surface area (Å²) in [5, 5.41) is 23.3. The Morgan fingerprint density at radius 3 is 2.64 bits per heavy atom. The molecule has 0 saturated carbocycles. The Morgan fingerprint density at radius 2 is 1.95 bits per heavy atom. The average molecular weight is 313 g/mol. The number of hydrogen-bond acceptors (Lipinski definition) is 7. The molecule has 1 N–H and O–H groups in total. The van der Waals surface area contributed by atoms with Gasteiger partial charge in [0.25, 0.3) is 5.69 Å². The monoisotopic (exact) mass is 313 g/mol. The van der Waals surface area contributed by atoms with Crippen molar-refractivity contribution in [2.45, 2.75) is 6.54 Å². The molecule has 22 heavy (non-hydrogen) atoms. The summed E-state index contributed by atoms with van der Waals surface area (Å²) in [4.78, 5) is 14.4. The summed E-state index contributed by atoms with van der Waals surface area (Å²) in [7, 11) is 0. The minimum Gasteiger partial charge on any atom is -0.356 e. The fraction of sp³-hybridized carbons (Fsp3) is 0.0714. The molecule has 8 heteroatoms. The van der Waals surface area contributed by atoms with Crippen LogP contribution < -0.4 is 5.32 Å². The number of aromatic nitrogens is 3. The molecule has 0 spiro atoms. The first-order valence-corrected chi connectivity index (χ1v) is 7.26. The number of anilines is 1. The van der Waals surface area contributed by atoms with E-state index in [4.69, 9.17) is 0 Å². The smallest absolute Gasteiger partial charge is 0.269 e. The number of rotatable bonds is 5. The number of non-ortho nitro benzene ring substituents is 1. The van der Waals surface area contributed by atoms with E-state index in [-0.39, 0.29) is 5.69 Å². The molecule has 0 fully saturated rings. The van der Waals surface area contributed by atoms with Gasteiger partial charge in [-0.3, -0.25) is 15.1 Å². The predicted octanol–water partition coefficient (Wildman–Crippen LogP) is 3.12. The van der Waals surface area contributed by atoms with Crippen molar-refractivity contribution < 1.29 is 4.92 Å². The SMILES string of the molecule is O=[N+]([O-])c1ccc(CNc2nnc(-c3ccccn3)s2)cc1. The van der Waals surface area contributed by atoms with Crippen LogP contribution in [0.4, 0.5) is 10.8 Å². The van der Waals surface area contributed by atoms with E-state index in [0.717, 1.165) is 16.3 Å². The molecule has 0 aliphatic rings. The molecule has 0 saturated heterocycles. The Morgan fingerprint density at radius 1 is 1.14 bits per heavy atom. The van der Waals surface area contributed by atoms with Gasteiger partial charge in [-0.15, -0.1) is 10.2 Å². The second-order valence-corrected chi connectivity index (χ2v) is 5.38. The quantitative estimate of drug-likeness (QED) is 0.574. The average Bonchev–Trinajstić information content (AvgIpc) is 3.03. The standard InChI is InChI=1S/C14H11N5O2S/c20-19(21)11-6-4-10(5-7-11)9-16-14-18-17-13(22-14)12-3-1-2-8-15-12/h1-8H,9H2,(H,16,18). The lowest BCUT2D eigenvalue weighted by molar-refractivity contribution is -0.384. The molecular weight excluding hydrogens is 302 g/mol. The number of hydrogen-bond donors (Lipinski definition) is 1. The molecule has 0 radical (unpaired) electrons. The molecule has 0 aliphatic carbocycles. The van der Waals surface area contributed by atoms with Gasteiger partial charge in [0, 0.05) is 24.9 Å². The molecule has 0 amide bonds. The van der Waals surface area contributed by atoms with Crippen LogP contribution in [0.2, 0.25) is 0 Å². The van der Waals surface area contributed by atoms with E-state index >= 15 is 0 Å². The third kappa shape index (κ3) is 3.23. The van der Waals surface area contributed by atoms with Crippen LogP contribution in [-0.4, -0.2) is 20.1 Å². The molecule has 3 aromatic rings. The van der Waals surface area contributed by atoms with Crippen molar-refractivity contribution in [1.82, 2.24) is 15.2 Å². The normalized spacial score (nSPS) is 10.4. The number of nitro groups is 1. The Kier molecular flexibility index (Phi) is 4.01. The second kappa shape index (κ2) is 6.27. The number of nitro benzene ring substituents is 1. The van der Waals surface area contributed by atoms with E-state index in [1.165, 1.54) is 23.5 Å². The fourth-order valence-corrected chi connectivity index (χ4v) is 2.52. The van der Waals surface area contributed by atoms with Crippen LogP contribution in [0, 0.1) is 10.1 Å². The van der Waals surface area contributed by atoms with Crippen LogP contribution in [0.3, 0.4) is 0 Å². The largest absolute Gasteiger partial charge is 0.356 e. The van der Waals surface area contributed by atoms with Crippen LogP contribution in [-0.2, 0) is 6.54 Å². The maximum absolute atomic E-state index is 10.6. The lowest BCUT2D eigenvalue weighted by Gasteiger charge is -2.01. The Bertz CT molecular complexity index is 773. The molecule has 0 unspecified atom stereocenters. The zero-order valence-electron chi connectivity index (χ0n) is 11.3. The van der Waals surface area contributed by atoms with Crippen molar-refractivity contribution in [3.63, 3.8) is 0 Å². The van der Waals surface area contributed by atoms with Gasteiger partial charge in [0.2, 0.25) is 5.13 Å². The predicted molar refractivity (Wildman–Crippen MR) is 83.6 cm³/mol. The zero-order chi connectivity index (χ0) is 15.4. The number of nitrogens with zero attached hydrogens (tertiary/aromatic N) is 4. The van der Waals surface area contributed by atoms with E-state index < -0.39 is 4.92 Å². The first-order chi connectivity index (χ1) is 10.7. The second-order valence-electron chi connectivity index (χ2n) is 4.40. The molecule has 0 atom stereocenters. The van der Waals surface area contributed by atoms with Crippen LogP contribution >= 0.6 is 11.3 Å². The van der Waals surface area contributed by atoms with E-state index in [9.17, 15) is 10.1 Å². The lowest BCUT2D eigenvalue weighted by atomic mass is 10.2. The van der Waals surface area contributed by atoms with Gasteiger partial charge in [0.1, 0.15) is 5.69 Å². The third-order valence-corrected chi connectivity index (χ3v) is 3.80. The van der Waals surface area contributed by atoms with Crippen molar-refractivity contribution in [2.24, 2.45) is 0 Å². The van der Waals surface area contributed by atoms with Crippen molar-refractivity contribution in [3.8, 4) is 10.7 Å². The first-order valence-electron chi connectivity index (χ1n) is 6.44. The molecule has 0 bridgehead atoms. The summed E-state index contributed by atoms with van der Waals surface area (Å²) in [5.74, 6) is 0. The van der Waals surface area contributed by atoms with E-state index in [0.29, 0.717) is 11.7 Å². The van der Waals surface area contributed by atoms with Crippen molar-refractivity contribution in [3.05, 3.63) is 64.3 Å². The Labute approximate surface area is 129 Å². The highest BCUT2D eigenvalue weighted by atomic mass is 32.1. The summed E-state index contributed by atoms with van der Waals surface area (Å²) >= 11 is 1.41. The van der Waals surface area contributed by atoms with Gasteiger partial charge in [-0.25, -0.2) is 0 Å². The minimum atomic E-state index is -0.416. The maximum atomic E-state index is 10.6. The summed E-state index contributed by atoms with van der Waals surface area (Å²) < 4.78 is 0. The van der Waals surface area contributed by atoms with E-state index in [1.54, 1.807) is 18.3 Å². The van der Waals surface area contributed by atoms with Crippen LogP contribution in [0.1, 0.15) is 5.56 Å². The van der Waals surface area contributed by atoms with Crippen molar-refractivity contribution in [1.29, 1.82) is 0 Å². The molecular formula is C14H11N5O2S. The summed E-state index contributed by atoms with van der Waals surface area (Å²) in [6.45, 7) is 0.523. The maximum Gasteiger partial charge on any atom is 0.269 e. The Hall–Kier alpha value is -2.87. The van der Waals surface area contributed by atoms with Crippen LogP contribution in [0.15, 0.2) is 48.7 Å². The van der Waals surface area contributed by atoms with Gasteiger partial charge in [-0.1, -0.05) is 29.5 Å². The van der Waals surface area contributed by atoms with Crippen LogP contribution in [0.25, 0.3) is 10.7 Å². The van der Waals surface area contributed by atoms with Gasteiger partial charge in [-0.2, -0.15) is 0 Å². The number of benzene rings is 1. The Balaban J connectivity index is 1.65. The van der Waals surface area contributed by atoms with Crippen molar-refractivity contribution >= 4 is 22.2 Å². The summed E-state index contributed by atoms with van der Waals surface area (Å²) in [5.41, 5.74) is 1.79. The molecule has 1 aromatic carbocycles. The van der Waals surface area contributed by atoms with E-state index in [1.807, 2.05) is 18.2 Å². The molecule has 110 valence electrons. The van der Waals surface area contributed by atoms with E-state index in [2.05, 4.69) is 20.5 Å². The molecule has 0 aliphatic heterocycles. The summed E-state index contributed by atoms with van der Waals surface area (Å²) in [6.07, 6.45) is 1.71. The zero-order valence-corrected chi connectivity index (χ0v) is 12.2. The number of pyridine rings is 1. The highest BCUT2D eigenvalue weighted by Crippen LogP contribution is 2.24. The van der Waals surface area contributed by atoms with Gasteiger partial charge in [-0.05, 0) is 17.7 Å². The van der Waals surface area contributed by atoms with Crippen molar-refractivity contribution in [2.75, 3.05) is 5.32 Å². The van der Waals surface area contributed by atoms with Gasteiger partial charge >= 0.3 is 0 Å². The van der Waals surface area contributed by atoms with Gasteiger partial charge < -0.3 is 5.32 Å². The molecule has 2 aromatic heterocycles. The van der Waals surface area contributed by atoms with Gasteiger partial charge in [0.05, 0.1) is 4.92 Å². The third-order valence-electron chi connectivity index (χ3n) is 2.90.